The molecule has 2 rings (SSSR count). The molecule has 2 N–H and O–H groups in total. The molecule has 0 heterocycles. The van der Waals surface area contributed by atoms with Crippen LogP contribution in [-0.4, -0.2) is 44.8 Å². The Labute approximate surface area is 186 Å². The minimum atomic E-state index is -0.776. The lowest BCUT2D eigenvalue weighted by molar-refractivity contribution is -0.143. The molecule has 0 unspecified atom stereocenters. The van der Waals surface area contributed by atoms with Gasteiger partial charge in [0.05, 0.1) is 20.3 Å². The van der Waals surface area contributed by atoms with E-state index in [0.29, 0.717) is 36.1 Å². The van der Waals surface area contributed by atoms with Crippen molar-refractivity contribution in [1.29, 1.82) is 0 Å². The first-order valence-electron chi connectivity index (χ1n) is 9.94. The van der Waals surface area contributed by atoms with Gasteiger partial charge in [0.25, 0.3) is 5.91 Å². The zero-order valence-corrected chi connectivity index (χ0v) is 18.2. The van der Waals surface area contributed by atoms with Gasteiger partial charge in [-0.15, -0.1) is 0 Å². The summed E-state index contributed by atoms with van der Waals surface area (Å²) in [5.74, 6) is 0.158. The van der Waals surface area contributed by atoms with Crippen molar-refractivity contribution in [2.24, 2.45) is 0 Å². The summed E-state index contributed by atoms with van der Waals surface area (Å²) in [6.45, 7) is 3.96. The lowest BCUT2D eigenvalue weighted by Gasteiger charge is -2.13. The smallest absolute Gasteiger partial charge is 0.331 e. The highest BCUT2D eigenvalue weighted by atomic mass is 16.5. The Bertz CT molecular complexity index is 973. The number of carbonyl (C=O) groups is 3. The van der Waals surface area contributed by atoms with Crippen LogP contribution >= 0.6 is 0 Å². The topological polar surface area (TPSA) is 112 Å². The molecule has 0 spiro atoms. The van der Waals surface area contributed by atoms with Gasteiger partial charge in [0.1, 0.15) is 5.75 Å². The standard InChI is InChI=1S/C23H26N2O7/c1-4-30-19-11-10-17(14-20(19)31-5-2)24-23(28)25-21(26)15-32-22(27)12-9-16-7-6-8-18(13-16)29-3/h6-14H,4-5,15H2,1-3H3,(H2,24,25,26,28)/b12-9+. The van der Waals surface area contributed by atoms with E-state index in [1.54, 1.807) is 49.6 Å². The summed E-state index contributed by atoms with van der Waals surface area (Å²) in [6.07, 6.45) is 2.70. The van der Waals surface area contributed by atoms with Crippen molar-refractivity contribution in [3.8, 4) is 17.2 Å². The minimum Gasteiger partial charge on any atom is -0.497 e. The summed E-state index contributed by atoms with van der Waals surface area (Å²) < 4.78 is 20.9. The maximum atomic E-state index is 12.0. The molecule has 0 radical (unpaired) electrons. The highest BCUT2D eigenvalue weighted by Gasteiger charge is 2.12. The summed E-state index contributed by atoms with van der Waals surface area (Å²) in [7, 11) is 1.54. The molecule has 3 amide bonds. The van der Waals surface area contributed by atoms with Gasteiger partial charge in [-0.3, -0.25) is 10.1 Å². The van der Waals surface area contributed by atoms with E-state index < -0.39 is 24.5 Å². The van der Waals surface area contributed by atoms with Crippen LogP contribution in [0.4, 0.5) is 10.5 Å². The number of hydrogen-bond donors (Lipinski definition) is 2. The monoisotopic (exact) mass is 442 g/mol. The number of amides is 3. The molecule has 0 aromatic heterocycles. The number of anilines is 1. The zero-order valence-electron chi connectivity index (χ0n) is 18.2. The van der Waals surface area contributed by atoms with Crippen LogP contribution in [0.25, 0.3) is 6.08 Å². The van der Waals surface area contributed by atoms with Crippen molar-refractivity contribution in [2.45, 2.75) is 13.8 Å². The van der Waals surface area contributed by atoms with Crippen molar-refractivity contribution in [2.75, 3.05) is 32.2 Å². The van der Waals surface area contributed by atoms with E-state index in [4.69, 9.17) is 18.9 Å². The number of urea groups is 1. The quantitative estimate of drug-likeness (QED) is 0.428. The zero-order chi connectivity index (χ0) is 23.3. The van der Waals surface area contributed by atoms with Crippen LogP contribution in [0.3, 0.4) is 0 Å². The molecule has 170 valence electrons. The van der Waals surface area contributed by atoms with Gasteiger partial charge in [-0.2, -0.15) is 0 Å². The SMILES string of the molecule is CCOc1ccc(NC(=O)NC(=O)COC(=O)/C=C/c2cccc(OC)c2)cc1OCC. The molecule has 0 saturated heterocycles. The van der Waals surface area contributed by atoms with Crippen molar-refractivity contribution in [3.05, 3.63) is 54.1 Å². The fourth-order valence-corrected chi connectivity index (χ4v) is 2.55. The van der Waals surface area contributed by atoms with Crippen LogP contribution in [0.5, 0.6) is 17.2 Å². The van der Waals surface area contributed by atoms with Gasteiger partial charge in [0.2, 0.25) is 0 Å². The predicted octanol–water partition coefficient (Wildman–Crippen LogP) is 3.40. The molecule has 9 nitrogen and oxygen atoms in total. The van der Waals surface area contributed by atoms with E-state index in [2.05, 4.69) is 10.6 Å². The lowest BCUT2D eigenvalue weighted by Crippen LogP contribution is -2.37. The third kappa shape index (κ3) is 8.02. The molecule has 32 heavy (non-hydrogen) atoms. The third-order valence-corrected chi connectivity index (χ3v) is 3.91. The highest BCUT2D eigenvalue weighted by molar-refractivity contribution is 6.02. The number of ether oxygens (including phenoxy) is 4. The number of methoxy groups -OCH3 is 1. The summed E-state index contributed by atoms with van der Waals surface area (Å²) >= 11 is 0. The largest absolute Gasteiger partial charge is 0.497 e. The first-order chi connectivity index (χ1) is 15.4. The second kappa shape index (κ2) is 12.6. The van der Waals surface area contributed by atoms with Gasteiger partial charge in [0.15, 0.2) is 18.1 Å². The van der Waals surface area contributed by atoms with Crippen molar-refractivity contribution >= 4 is 29.7 Å². The lowest BCUT2D eigenvalue weighted by atomic mass is 10.2. The number of imide groups is 1. The molecule has 0 aliphatic heterocycles. The fraction of sp³-hybridized carbons (Fsp3) is 0.261. The van der Waals surface area contributed by atoms with Crippen LogP contribution in [0, 0.1) is 0 Å². The first-order valence-corrected chi connectivity index (χ1v) is 9.94. The first kappa shape index (κ1) is 24.3. The number of nitrogens with one attached hydrogen (secondary N) is 2. The van der Waals surface area contributed by atoms with Gasteiger partial charge in [-0.05, 0) is 49.8 Å². The molecule has 0 fully saturated rings. The van der Waals surface area contributed by atoms with E-state index in [0.717, 1.165) is 5.56 Å². The summed E-state index contributed by atoms with van der Waals surface area (Å²) in [4.78, 5) is 35.7. The van der Waals surface area contributed by atoms with E-state index >= 15 is 0 Å². The average Bonchev–Trinajstić information content (AvgIpc) is 2.78. The van der Waals surface area contributed by atoms with Crippen LogP contribution in [-0.2, 0) is 14.3 Å². The van der Waals surface area contributed by atoms with Gasteiger partial charge in [-0.1, -0.05) is 12.1 Å². The molecule has 9 heteroatoms. The number of benzene rings is 2. The normalized spacial score (nSPS) is 10.3. The van der Waals surface area contributed by atoms with Gasteiger partial charge >= 0.3 is 12.0 Å². The van der Waals surface area contributed by atoms with E-state index in [-0.39, 0.29) is 0 Å². The predicted molar refractivity (Wildman–Crippen MR) is 119 cm³/mol. The van der Waals surface area contributed by atoms with Crippen LogP contribution < -0.4 is 24.8 Å². The average molecular weight is 442 g/mol. The van der Waals surface area contributed by atoms with Crippen LogP contribution in [0.1, 0.15) is 19.4 Å². The van der Waals surface area contributed by atoms with Crippen molar-refractivity contribution in [3.63, 3.8) is 0 Å². The molecule has 2 aromatic rings. The Kier molecular flexibility index (Phi) is 9.58. The minimum absolute atomic E-state index is 0.403. The second-order valence-corrected chi connectivity index (χ2v) is 6.25. The second-order valence-electron chi connectivity index (χ2n) is 6.25. The summed E-state index contributed by atoms with van der Waals surface area (Å²) in [5.41, 5.74) is 1.13. The molecule has 0 saturated carbocycles. The van der Waals surface area contributed by atoms with Crippen LogP contribution in [0.2, 0.25) is 0 Å². The highest BCUT2D eigenvalue weighted by Crippen LogP contribution is 2.30. The number of esters is 1. The van der Waals surface area contributed by atoms with Crippen molar-refractivity contribution < 1.29 is 33.3 Å². The maximum absolute atomic E-state index is 12.0. The molecule has 2 aromatic carbocycles. The Hall–Kier alpha value is -4.01. The summed E-state index contributed by atoms with van der Waals surface area (Å²) in [5, 5.41) is 4.60. The Morgan fingerprint density at radius 3 is 2.44 bits per heavy atom. The molecule has 0 bridgehead atoms. The number of hydrogen-bond acceptors (Lipinski definition) is 7. The number of carbonyl (C=O) groups excluding carboxylic acids is 3. The number of rotatable bonds is 10. The Morgan fingerprint density at radius 1 is 0.969 bits per heavy atom. The van der Waals surface area contributed by atoms with E-state index in [1.807, 2.05) is 13.8 Å². The van der Waals surface area contributed by atoms with E-state index in [9.17, 15) is 14.4 Å². The molecular weight excluding hydrogens is 416 g/mol. The van der Waals surface area contributed by atoms with E-state index in [1.165, 1.54) is 12.2 Å². The fourth-order valence-electron chi connectivity index (χ4n) is 2.55. The molecule has 0 aliphatic rings. The Morgan fingerprint density at radius 2 is 1.72 bits per heavy atom. The Balaban J connectivity index is 1.82. The summed E-state index contributed by atoms with van der Waals surface area (Å²) in [6, 6.07) is 11.1. The maximum Gasteiger partial charge on any atom is 0.331 e. The van der Waals surface area contributed by atoms with Crippen molar-refractivity contribution in [1.82, 2.24) is 5.32 Å². The van der Waals surface area contributed by atoms with Gasteiger partial charge in [0, 0.05) is 17.8 Å². The molecular formula is C23H26N2O7. The van der Waals surface area contributed by atoms with Crippen LogP contribution in [0.15, 0.2) is 48.5 Å². The van der Waals surface area contributed by atoms with Gasteiger partial charge in [-0.25, -0.2) is 9.59 Å². The molecule has 0 aliphatic carbocycles. The third-order valence-electron chi connectivity index (χ3n) is 3.91. The van der Waals surface area contributed by atoms with Gasteiger partial charge < -0.3 is 24.3 Å². The molecule has 0 atom stereocenters.